The molecule has 0 aliphatic heterocycles. The Morgan fingerprint density at radius 3 is 2.50 bits per heavy atom. The highest BCUT2D eigenvalue weighted by atomic mass is 32.2. The molecule has 0 aromatic rings. The maximum absolute atomic E-state index is 10.5. The second-order valence-corrected chi connectivity index (χ2v) is 3.91. The van der Waals surface area contributed by atoms with Crippen LogP contribution in [-0.2, 0) is 9.99 Å². The Kier molecular flexibility index (Phi) is 3.88. The summed E-state index contributed by atoms with van der Waals surface area (Å²) in [6.07, 6.45) is 0. The third kappa shape index (κ3) is 7.90. The van der Waals surface area contributed by atoms with Crippen LogP contribution in [0.4, 0.5) is 0 Å². The molecule has 10 heavy (non-hydrogen) atoms. The number of hydrogen-bond acceptors (Lipinski definition) is 2. The normalized spacial score (nSPS) is 17.2. The first-order valence-electron chi connectivity index (χ1n) is 2.91. The standard InChI is InChI=1S/C5H14N2O2S/c1-7(2)5-4-6-10(3,8)9/h3-5H2,1-2H3,(H2,6,8,9). The Labute approximate surface area is 62.2 Å². The minimum absolute atomic E-state index is 0.478. The maximum atomic E-state index is 10.5. The Bertz CT molecular complexity index is 174. The van der Waals surface area contributed by atoms with Crippen LogP contribution in [-0.4, -0.2) is 46.7 Å². The van der Waals surface area contributed by atoms with Crippen molar-refractivity contribution in [2.45, 2.75) is 0 Å². The van der Waals surface area contributed by atoms with Gasteiger partial charge < -0.3 is 9.45 Å². The van der Waals surface area contributed by atoms with E-state index in [1.54, 1.807) is 0 Å². The molecule has 1 unspecified atom stereocenters. The van der Waals surface area contributed by atoms with E-state index in [4.69, 9.17) is 4.55 Å². The second-order valence-electron chi connectivity index (χ2n) is 2.34. The lowest BCUT2D eigenvalue weighted by molar-refractivity contribution is 0.411. The molecule has 0 aromatic heterocycles. The van der Waals surface area contributed by atoms with E-state index in [1.807, 2.05) is 19.0 Å². The van der Waals surface area contributed by atoms with Crippen molar-refractivity contribution in [3.8, 4) is 0 Å². The van der Waals surface area contributed by atoms with E-state index in [9.17, 15) is 4.21 Å². The van der Waals surface area contributed by atoms with E-state index in [-0.39, 0.29) is 0 Å². The van der Waals surface area contributed by atoms with Gasteiger partial charge in [-0.05, 0) is 20.0 Å². The predicted octanol–water partition coefficient (Wildman–Crippen LogP) is -0.758. The lowest BCUT2D eigenvalue weighted by Crippen LogP contribution is -2.30. The molecule has 62 valence electrons. The van der Waals surface area contributed by atoms with Crippen LogP contribution >= 0.6 is 0 Å². The Hall–Kier alpha value is -0.100. The molecule has 0 saturated carbocycles. The fourth-order valence-electron chi connectivity index (χ4n) is 0.429. The first-order valence-corrected chi connectivity index (χ1v) is 4.59. The van der Waals surface area contributed by atoms with Gasteiger partial charge in [0.15, 0.2) is 0 Å². The van der Waals surface area contributed by atoms with Crippen LogP contribution in [0.5, 0.6) is 0 Å². The van der Waals surface area contributed by atoms with Crippen LogP contribution in [0.15, 0.2) is 0 Å². The first kappa shape index (κ1) is 9.90. The summed E-state index contributed by atoms with van der Waals surface area (Å²) in [5.41, 5.74) is 0. The molecule has 0 radical (unpaired) electrons. The Morgan fingerprint density at radius 1 is 1.70 bits per heavy atom. The van der Waals surface area contributed by atoms with Gasteiger partial charge in [-0.25, -0.2) is 8.93 Å². The summed E-state index contributed by atoms with van der Waals surface area (Å²) in [5.74, 6) is 3.02. The predicted molar refractivity (Wildman–Crippen MR) is 44.4 cm³/mol. The minimum atomic E-state index is -3.00. The van der Waals surface area contributed by atoms with Gasteiger partial charge >= 0.3 is 0 Å². The van der Waals surface area contributed by atoms with Crippen molar-refractivity contribution in [1.82, 2.24) is 9.62 Å². The molecule has 0 amide bonds. The lowest BCUT2D eigenvalue weighted by Gasteiger charge is -2.09. The monoisotopic (exact) mass is 166 g/mol. The topological polar surface area (TPSA) is 52.6 Å². The third-order valence-electron chi connectivity index (χ3n) is 0.887. The summed E-state index contributed by atoms with van der Waals surface area (Å²) in [5, 5.41) is 0. The van der Waals surface area contributed by atoms with Crippen molar-refractivity contribution < 1.29 is 8.76 Å². The van der Waals surface area contributed by atoms with Crippen molar-refractivity contribution in [1.29, 1.82) is 0 Å². The molecule has 0 aliphatic rings. The zero-order valence-corrected chi connectivity index (χ0v) is 7.15. The van der Waals surface area contributed by atoms with Gasteiger partial charge in [-0.15, -0.1) is 0 Å². The summed E-state index contributed by atoms with van der Waals surface area (Å²) in [6.45, 7) is 1.21. The molecule has 0 heterocycles. The fourth-order valence-corrected chi connectivity index (χ4v) is 0.839. The van der Waals surface area contributed by atoms with Crippen LogP contribution in [0, 0.1) is 0 Å². The highest BCUT2D eigenvalue weighted by Gasteiger charge is 1.94. The summed E-state index contributed by atoms with van der Waals surface area (Å²) in [4.78, 5) is 1.91. The first-order chi connectivity index (χ1) is 4.42. The van der Waals surface area contributed by atoms with Crippen LogP contribution < -0.4 is 4.72 Å². The fraction of sp³-hybridized carbons (Fsp3) is 0.800. The second kappa shape index (κ2) is 3.92. The maximum Gasteiger partial charge on any atom is 0.138 e. The van der Waals surface area contributed by atoms with Crippen molar-refractivity contribution in [3.63, 3.8) is 0 Å². The van der Waals surface area contributed by atoms with Gasteiger partial charge in [0, 0.05) is 13.1 Å². The zero-order valence-electron chi connectivity index (χ0n) is 6.33. The van der Waals surface area contributed by atoms with Gasteiger partial charge in [0.2, 0.25) is 0 Å². The highest BCUT2D eigenvalue weighted by Crippen LogP contribution is 1.74. The average molecular weight is 166 g/mol. The van der Waals surface area contributed by atoms with E-state index in [2.05, 4.69) is 10.6 Å². The minimum Gasteiger partial charge on any atom is -0.308 e. The lowest BCUT2D eigenvalue weighted by atomic mass is 10.6. The summed E-state index contributed by atoms with van der Waals surface area (Å²) >= 11 is 0. The summed E-state index contributed by atoms with van der Waals surface area (Å²) in [6, 6.07) is 0. The molecule has 0 saturated heterocycles. The molecule has 0 aromatic carbocycles. The molecular formula is C5H14N2O2S. The smallest absolute Gasteiger partial charge is 0.138 e. The van der Waals surface area contributed by atoms with E-state index in [0.717, 1.165) is 6.54 Å². The van der Waals surface area contributed by atoms with E-state index < -0.39 is 9.99 Å². The van der Waals surface area contributed by atoms with Crippen LogP contribution in [0.3, 0.4) is 0 Å². The van der Waals surface area contributed by atoms with Crippen molar-refractivity contribution >= 4 is 15.9 Å². The molecule has 0 spiro atoms. The number of hydrogen-bond donors (Lipinski definition) is 2. The van der Waals surface area contributed by atoms with E-state index in [1.165, 1.54) is 0 Å². The SMILES string of the molecule is C=S(=O)(O)NCCN(C)C. The van der Waals surface area contributed by atoms with Crippen molar-refractivity contribution in [2.24, 2.45) is 0 Å². The number of rotatable bonds is 4. The van der Waals surface area contributed by atoms with Gasteiger partial charge in [-0.2, -0.15) is 0 Å². The average Bonchev–Trinajstić information content (AvgIpc) is 1.59. The van der Waals surface area contributed by atoms with Crippen LogP contribution in [0.1, 0.15) is 0 Å². The molecule has 0 fully saturated rings. The highest BCUT2D eigenvalue weighted by molar-refractivity contribution is 7.93. The largest absolute Gasteiger partial charge is 0.308 e. The molecule has 0 rings (SSSR count). The Balaban J connectivity index is 3.39. The van der Waals surface area contributed by atoms with Crippen LogP contribution in [0.25, 0.3) is 0 Å². The number of nitrogens with one attached hydrogen (secondary N) is 1. The molecule has 0 aliphatic carbocycles. The Morgan fingerprint density at radius 2 is 2.20 bits per heavy atom. The van der Waals surface area contributed by atoms with Crippen LogP contribution in [0.2, 0.25) is 0 Å². The molecule has 4 nitrogen and oxygen atoms in total. The van der Waals surface area contributed by atoms with Gasteiger partial charge in [-0.1, -0.05) is 0 Å². The quantitative estimate of drug-likeness (QED) is 0.540. The molecule has 5 heteroatoms. The summed E-state index contributed by atoms with van der Waals surface area (Å²) < 4.78 is 21.5. The van der Waals surface area contributed by atoms with Gasteiger partial charge in [0.1, 0.15) is 9.99 Å². The molecule has 2 N–H and O–H groups in total. The summed E-state index contributed by atoms with van der Waals surface area (Å²) in [7, 11) is 0.789. The number of nitrogens with zero attached hydrogens (tertiary/aromatic N) is 1. The molecule has 1 atom stereocenters. The number of likely N-dealkylation sites (N-methyl/N-ethyl adjacent to an activating group) is 1. The van der Waals surface area contributed by atoms with E-state index in [0.29, 0.717) is 6.54 Å². The van der Waals surface area contributed by atoms with Gasteiger partial charge in [0.05, 0.1) is 0 Å². The van der Waals surface area contributed by atoms with Crippen molar-refractivity contribution in [2.75, 3.05) is 27.2 Å². The molecule has 0 bridgehead atoms. The zero-order chi connectivity index (χ0) is 8.20. The van der Waals surface area contributed by atoms with E-state index >= 15 is 0 Å². The molecular weight excluding hydrogens is 152 g/mol. The van der Waals surface area contributed by atoms with Crippen molar-refractivity contribution in [3.05, 3.63) is 0 Å². The van der Waals surface area contributed by atoms with Gasteiger partial charge in [0.25, 0.3) is 0 Å². The van der Waals surface area contributed by atoms with Gasteiger partial charge in [-0.3, -0.25) is 0 Å². The third-order valence-corrected chi connectivity index (χ3v) is 1.54.